The van der Waals surface area contributed by atoms with Crippen LogP contribution < -0.4 is 0 Å². The Labute approximate surface area is 100 Å². The Hall–Kier alpha value is -0.120. The van der Waals surface area contributed by atoms with Gasteiger partial charge in [0.2, 0.25) is 0 Å². The lowest BCUT2D eigenvalue weighted by atomic mass is 9.88. The maximum atomic E-state index is 4.51. The molecule has 0 aliphatic heterocycles. The molecule has 1 aromatic rings. The van der Waals surface area contributed by atoms with Gasteiger partial charge in [0.25, 0.3) is 0 Å². The van der Waals surface area contributed by atoms with Crippen molar-refractivity contribution in [3.63, 3.8) is 0 Å². The molecule has 0 saturated carbocycles. The van der Waals surface area contributed by atoms with Crippen LogP contribution in [0.3, 0.4) is 0 Å². The highest BCUT2D eigenvalue weighted by Crippen LogP contribution is 2.30. The van der Waals surface area contributed by atoms with Gasteiger partial charge in [-0.2, -0.15) is 0 Å². The van der Waals surface area contributed by atoms with E-state index in [1.165, 1.54) is 5.56 Å². The summed E-state index contributed by atoms with van der Waals surface area (Å²) in [5.41, 5.74) is 2.63. The lowest BCUT2D eigenvalue weighted by molar-refractivity contribution is 0.585. The van der Waals surface area contributed by atoms with Gasteiger partial charge in [0, 0.05) is 6.20 Å². The molecule has 0 radical (unpaired) electrons. The van der Waals surface area contributed by atoms with E-state index in [0.29, 0.717) is 0 Å². The lowest BCUT2D eigenvalue weighted by Gasteiger charge is -2.21. The van der Waals surface area contributed by atoms with E-state index >= 15 is 0 Å². The van der Waals surface area contributed by atoms with Crippen molar-refractivity contribution < 1.29 is 0 Å². The van der Waals surface area contributed by atoms with Gasteiger partial charge in [-0.3, -0.25) is 4.98 Å². The van der Waals surface area contributed by atoms with Crippen molar-refractivity contribution in [1.29, 1.82) is 0 Å². The third-order valence-corrected chi connectivity index (χ3v) is 2.79. The first-order chi connectivity index (χ1) is 6.21. The largest absolute Gasteiger partial charge is 0.260 e. The van der Waals surface area contributed by atoms with Crippen LogP contribution in [-0.4, -0.2) is 4.98 Å². The number of alkyl halides is 1. The van der Waals surface area contributed by atoms with Crippen molar-refractivity contribution in [2.75, 3.05) is 0 Å². The SMILES string of the molecule is CC(C)(C)c1ccc(C(C)(C)I)nc1. The Morgan fingerprint density at radius 1 is 1.07 bits per heavy atom. The quantitative estimate of drug-likeness (QED) is 0.563. The van der Waals surface area contributed by atoms with Crippen LogP contribution in [-0.2, 0) is 8.84 Å². The molecule has 0 atom stereocenters. The van der Waals surface area contributed by atoms with E-state index in [1.807, 2.05) is 6.20 Å². The number of rotatable bonds is 1. The molecule has 0 aliphatic rings. The molecule has 0 N–H and O–H groups in total. The Morgan fingerprint density at radius 3 is 1.93 bits per heavy atom. The smallest absolute Gasteiger partial charge is 0.0586 e. The molecule has 0 spiro atoms. The molecule has 0 amide bonds. The topological polar surface area (TPSA) is 12.9 Å². The summed E-state index contributed by atoms with van der Waals surface area (Å²) in [7, 11) is 0. The second-order valence-corrected chi connectivity index (χ2v) is 7.85. The Kier molecular flexibility index (Phi) is 3.24. The molecule has 0 bridgehead atoms. The Morgan fingerprint density at radius 2 is 1.64 bits per heavy atom. The van der Waals surface area contributed by atoms with Crippen LogP contribution in [0.2, 0.25) is 0 Å². The van der Waals surface area contributed by atoms with E-state index in [-0.39, 0.29) is 8.84 Å². The number of pyridine rings is 1. The highest BCUT2D eigenvalue weighted by Gasteiger charge is 2.19. The zero-order valence-electron chi connectivity index (χ0n) is 9.56. The van der Waals surface area contributed by atoms with Crippen LogP contribution in [0.4, 0.5) is 0 Å². The molecular weight excluding hydrogens is 285 g/mol. The van der Waals surface area contributed by atoms with E-state index < -0.39 is 0 Å². The summed E-state index contributed by atoms with van der Waals surface area (Å²) in [4.78, 5) is 4.51. The molecule has 78 valence electrons. The fourth-order valence-electron chi connectivity index (χ4n) is 1.19. The summed E-state index contributed by atoms with van der Waals surface area (Å²) in [6.07, 6.45) is 2.00. The van der Waals surface area contributed by atoms with Gasteiger partial charge in [-0.15, -0.1) is 0 Å². The zero-order chi connectivity index (χ0) is 11.0. The second kappa shape index (κ2) is 3.80. The molecule has 0 saturated heterocycles. The minimum atomic E-state index is 0.119. The molecular formula is C12H18IN. The standard InChI is InChI=1S/C12H18IN/c1-11(2,3)9-6-7-10(14-8-9)12(4,5)13/h6-8H,1-5H3. The average Bonchev–Trinajstić information content (AvgIpc) is 2.01. The monoisotopic (exact) mass is 303 g/mol. The van der Waals surface area contributed by atoms with Gasteiger partial charge in [-0.05, 0) is 30.9 Å². The molecule has 0 aliphatic carbocycles. The fraction of sp³-hybridized carbons (Fsp3) is 0.583. The summed E-state index contributed by atoms with van der Waals surface area (Å²) in [6, 6.07) is 4.32. The van der Waals surface area contributed by atoms with Crippen molar-refractivity contribution in [3.8, 4) is 0 Å². The highest BCUT2D eigenvalue weighted by atomic mass is 127. The third kappa shape index (κ3) is 2.94. The van der Waals surface area contributed by atoms with Gasteiger partial charge in [-0.25, -0.2) is 0 Å². The summed E-state index contributed by atoms with van der Waals surface area (Å²) in [5.74, 6) is 0. The van der Waals surface area contributed by atoms with Crippen LogP contribution >= 0.6 is 22.6 Å². The van der Waals surface area contributed by atoms with E-state index in [2.05, 4.69) is 74.3 Å². The zero-order valence-corrected chi connectivity index (χ0v) is 11.7. The van der Waals surface area contributed by atoms with Gasteiger partial charge in [-0.1, -0.05) is 49.4 Å². The maximum Gasteiger partial charge on any atom is 0.0586 e. The van der Waals surface area contributed by atoms with Crippen LogP contribution in [0.15, 0.2) is 18.3 Å². The summed E-state index contributed by atoms with van der Waals surface area (Å²) in [6.45, 7) is 11.0. The Balaban J connectivity index is 3.02. The van der Waals surface area contributed by atoms with Gasteiger partial charge in [0.15, 0.2) is 0 Å². The fourth-order valence-corrected chi connectivity index (χ4v) is 1.51. The van der Waals surface area contributed by atoms with Crippen LogP contribution in [0, 0.1) is 0 Å². The predicted octanol–water partition coefficient (Wildman–Crippen LogP) is 4.05. The molecule has 2 heteroatoms. The molecule has 0 fully saturated rings. The van der Waals surface area contributed by atoms with Gasteiger partial charge in [0.1, 0.15) is 0 Å². The van der Waals surface area contributed by atoms with Gasteiger partial charge in [0.05, 0.1) is 9.12 Å². The first-order valence-corrected chi connectivity index (χ1v) is 5.95. The van der Waals surface area contributed by atoms with Crippen molar-refractivity contribution >= 4 is 22.6 Å². The van der Waals surface area contributed by atoms with Crippen molar-refractivity contribution in [2.45, 2.75) is 43.5 Å². The van der Waals surface area contributed by atoms with Gasteiger partial charge < -0.3 is 0 Å². The molecule has 1 nitrogen and oxygen atoms in total. The van der Waals surface area contributed by atoms with Crippen LogP contribution in [0.1, 0.15) is 45.9 Å². The molecule has 1 aromatic heterocycles. The van der Waals surface area contributed by atoms with E-state index in [0.717, 1.165) is 5.69 Å². The molecule has 1 heterocycles. The Bertz CT molecular complexity index is 268. The van der Waals surface area contributed by atoms with E-state index in [9.17, 15) is 0 Å². The van der Waals surface area contributed by atoms with E-state index in [4.69, 9.17) is 0 Å². The van der Waals surface area contributed by atoms with E-state index in [1.54, 1.807) is 0 Å². The van der Waals surface area contributed by atoms with Gasteiger partial charge >= 0.3 is 0 Å². The summed E-state index contributed by atoms with van der Waals surface area (Å²) in [5, 5.41) is 0. The number of hydrogen-bond donors (Lipinski definition) is 0. The number of halogens is 1. The lowest BCUT2D eigenvalue weighted by Crippen LogP contribution is -2.14. The average molecular weight is 303 g/mol. The van der Waals surface area contributed by atoms with Crippen molar-refractivity contribution in [1.82, 2.24) is 4.98 Å². The first kappa shape index (κ1) is 12.0. The van der Waals surface area contributed by atoms with Crippen molar-refractivity contribution in [2.24, 2.45) is 0 Å². The normalized spacial score (nSPS) is 13.0. The second-order valence-electron chi connectivity index (χ2n) is 5.15. The first-order valence-electron chi connectivity index (χ1n) is 4.87. The summed E-state index contributed by atoms with van der Waals surface area (Å²) < 4.78 is 0.119. The van der Waals surface area contributed by atoms with Crippen LogP contribution in [0.25, 0.3) is 0 Å². The number of hydrogen-bond acceptors (Lipinski definition) is 1. The van der Waals surface area contributed by atoms with Crippen molar-refractivity contribution in [3.05, 3.63) is 29.6 Å². The minimum absolute atomic E-state index is 0.119. The molecule has 14 heavy (non-hydrogen) atoms. The minimum Gasteiger partial charge on any atom is -0.260 e. The molecule has 1 rings (SSSR count). The van der Waals surface area contributed by atoms with Crippen LogP contribution in [0.5, 0.6) is 0 Å². The molecule has 0 unspecified atom stereocenters. The third-order valence-electron chi connectivity index (χ3n) is 2.24. The number of aromatic nitrogens is 1. The molecule has 0 aromatic carbocycles. The maximum absolute atomic E-state index is 4.51. The number of nitrogens with zero attached hydrogens (tertiary/aromatic N) is 1. The summed E-state index contributed by atoms with van der Waals surface area (Å²) >= 11 is 2.41. The predicted molar refractivity (Wildman–Crippen MR) is 70.0 cm³/mol. The highest BCUT2D eigenvalue weighted by molar-refractivity contribution is 14.1.